The van der Waals surface area contributed by atoms with Crippen LogP contribution in [-0.4, -0.2) is 25.6 Å². The first-order valence-electron chi connectivity index (χ1n) is 10.1. The zero-order valence-electron chi connectivity index (χ0n) is 17.3. The number of ether oxygens (including phenoxy) is 2. The molecule has 0 saturated heterocycles. The van der Waals surface area contributed by atoms with Gasteiger partial charge in [0.25, 0.3) is 0 Å². The van der Waals surface area contributed by atoms with E-state index in [0.29, 0.717) is 11.4 Å². The lowest BCUT2D eigenvalue weighted by Gasteiger charge is -2.12. The minimum Gasteiger partial charge on any atom is -0.497 e. The summed E-state index contributed by atoms with van der Waals surface area (Å²) in [7, 11) is 1.56. The van der Waals surface area contributed by atoms with E-state index in [2.05, 4.69) is 11.4 Å². The van der Waals surface area contributed by atoms with Gasteiger partial charge in [0.15, 0.2) is 5.41 Å². The number of methoxy groups -OCH3 is 1. The quantitative estimate of drug-likeness (QED) is 0.609. The van der Waals surface area contributed by atoms with Gasteiger partial charge in [0.05, 0.1) is 25.7 Å². The number of carbonyl (C=O) groups excluding carboxylic acids is 2. The van der Waals surface area contributed by atoms with Crippen LogP contribution in [0.15, 0.2) is 66.7 Å². The van der Waals surface area contributed by atoms with E-state index in [1.54, 1.807) is 38.3 Å². The summed E-state index contributed by atoms with van der Waals surface area (Å²) in [5, 5.41) is 14.8. The third-order valence-electron chi connectivity index (χ3n) is 5.81. The van der Waals surface area contributed by atoms with Crippen molar-refractivity contribution >= 4 is 28.3 Å². The molecule has 31 heavy (non-hydrogen) atoms. The molecule has 3 atom stereocenters. The fourth-order valence-electron chi connectivity index (χ4n) is 4.27. The molecule has 3 aromatic rings. The molecule has 0 radical (unpaired) electrons. The number of esters is 1. The van der Waals surface area contributed by atoms with Gasteiger partial charge in [0, 0.05) is 11.6 Å². The van der Waals surface area contributed by atoms with E-state index >= 15 is 0 Å². The van der Waals surface area contributed by atoms with Crippen molar-refractivity contribution in [2.75, 3.05) is 19.0 Å². The smallest absolute Gasteiger partial charge is 0.311 e. The van der Waals surface area contributed by atoms with Gasteiger partial charge in [0.1, 0.15) is 5.75 Å². The summed E-state index contributed by atoms with van der Waals surface area (Å²) in [6.07, 6.45) is 0. The lowest BCUT2D eigenvalue weighted by molar-refractivity contribution is -0.146. The maximum atomic E-state index is 13.3. The summed E-state index contributed by atoms with van der Waals surface area (Å²) in [5.41, 5.74) is -0.231. The van der Waals surface area contributed by atoms with E-state index < -0.39 is 29.1 Å². The van der Waals surface area contributed by atoms with Crippen molar-refractivity contribution in [3.63, 3.8) is 0 Å². The van der Waals surface area contributed by atoms with Crippen LogP contribution in [0.25, 0.3) is 10.8 Å². The Hall–Kier alpha value is -3.85. The van der Waals surface area contributed by atoms with Gasteiger partial charge in [0.2, 0.25) is 5.91 Å². The fraction of sp³-hybridized carbons (Fsp3) is 0.240. The Morgan fingerprint density at radius 2 is 1.77 bits per heavy atom. The molecule has 1 saturated carbocycles. The SMILES string of the molecule is CCOC(=O)[C@H]1[C@@H](c2cccc3ccccc23)[C@]1(C#N)C(=O)Nc1ccc(OC)cc1. The molecule has 1 aliphatic rings. The minimum absolute atomic E-state index is 0.180. The number of amides is 1. The van der Waals surface area contributed by atoms with Crippen molar-refractivity contribution in [3.8, 4) is 11.8 Å². The molecule has 4 rings (SSSR count). The van der Waals surface area contributed by atoms with Crippen LogP contribution in [0, 0.1) is 22.7 Å². The van der Waals surface area contributed by atoms with Gasteiger partial charge in [-0.25, -0.2) is 0 Å². The van der Waals surface area contributed by atoms with E-state index in [0.717, 1.165) is 16.3 Å². The van der Waals surface area contributed by atoms with E-state index in [1.807, 2.05) is 42.5 Å². The third kappa shape index (κ3) is 3.38. The molecular weight excluding hydrogens is 392 g/mol. The van der Waals surface area contributed by atoms with Crippen LogP contribution >= 0.6 is 0 Å². The topological polar surface area (TPSA) is 88.4 Å². The van der Waals surface area contributed by atoms with Gasteiger partial charge in [-0.05, 0) is 47.5 Å². The van der Waals surface area contributed by atoms with Crippen LogP contribution in [0.2, 0.25) is 0 Å². The Bertz CT molecular complexity index is 1180. The fourth-order valence-corrected chi connectivity index (χ4v) is 4.27. The van der Waals surface area contributed by atoms with Crippen molar-refractivity contribution in [1.82, 2.24) is 0 Å². The first-order valence-corrected chi connectivity index (χ1v) is 10.1. The highest BCUT2D eigenvalue weighted by atomic mass is 16.5. The monoisotopic (exact) mass is 414 g/mol. The van der Waals surface area contributed by atoms with Crippen molar-refractivity contribution < 1.29 is 19.1 Å². The number of rotatable bonds is 6. The Kier molecular flexibility index (Phi) is 5.35. The predicted molar refractivity (Wildman–Crippen MR) is 116 cm³/mol. The predicted octanol–water partition coefficient (Wildman–Crippen LogP) is 4.27. The van der Waals surface area contributed by atoms with Gasteiger partial charge in [-0.1, -0.05) is 42.5 Å². The summed E-state index contributed by atoms with van der Waals surface area (Å²) >= 11 is 0. The van der Waals surface area contributed by atoms with Gasteiger partial charge >= 0.3 is 5.97 Å². The Labute approximate surface area is 180 Å². The van der Waals surface area contributed by atoms with Crippen molar-refractivity contribution in [1.29, 1.82) is 5.26 Å². The van der Waals surface area contributed by atoms with E-state index in [-0.39, 0.29) is 6.61 Å². The first kappa shape index (κ1) is 20.4. The van der Waals surface area contributed by atoms with Crippen LogP contribution in [0.1, 0.15) is 18.4 Å². The number of nitrogens with zero attached hydrogens (tertiary/aromatic N) is 1. The second kappa shape index (κ2) is 8.11. The molecule has 0 bridgehead atoms. The number of carbonyl (C=O) groups is 2. The summed E-state index contributed by atoms with van der Waals surface area (Å²) in [5.74, 6) is -1.87. The molecule has 0 aliphatic heterocycles. The van der Waals surface area contributed by atoms with Crippen molar-refractivity contribution in [2.45, 2.75) is 12.8 Å². The summed E-state index contributed by atoms with van der Waals surface area (Å²) in [4.78, 5) is 26.1. The minimum atomic E-state index is -1.55. The zero-order chi connectivity index (χ0) is 22.0. The number of benzene rings is 3. The molecule has 3 aromatic carbocycles. The largest absolute Gasteiger partial charge is 0.497 e. The van der Waals surface area contributed by atoms with Gasteiger partial charge in [-0.3, -0.25) is 9.59 Å². The highest BCUT2D eigenvalue weighted by Crippen LogP contribution is 2.66. The Morgan fingerprint density at radius 1 is 1.06 bits per heavy atom. The number of hydrogen-bond donors (Lipinski definition) is 1. The lowest BCUT2D eigenvalue weighted by atomic mass is 9.95. The summed E-state index contributed by atoms with van der Waals surface area (Å²) < 4.78 is 10.4. The van der Waals surface area contributed by atoms with Crippen LogP contribution in [0.4, 0.5) is 5.69 Å². The second-order valence-electron chi connectivity index (χ2n) is 7.44. The molecular formula is C25H22N2O4. The average Bonchev–Trinajstić information content (AvgIpc) is 3.49. The normalized spacial score (nSPS) is 21.7. The van der Waals surface area contributed by atoms with Gasteiger partial charge < -0.3 is 14.8 Å². The van der Waals surface area contributed by atoms with Crippen molar-refractivity contribution in [2.24, 2.45) is 11.3 Å². The highest BCUT2D eigenvalue weighted by molar-refractivity contribution is 6.07. The van der Waals surface area contributed by atoms with Crippen LogP contribution in [0.3, 0.4) is 0 Å². The lowest BCUT2D eigenvalue weighted by Crippen LogP contribution is -2.28. The molecule has 0 spiro atoms. The molecule has 156 valence electrons. The molecule has 1 N–H and O–H groups in total. The molecule has 0 aromatic heterocycles. The van der Waals surface area contributed by atoms with Gasteiger partial charge in [-0.2, -0.15) is 5.26 Å². The highest BCUT2D eigenvalue weighted by Gasteiger charge is 2.75. The summed E-state index contributed by atoms with van der Waals surface area (Å²) in [6.45, 7) is 1.89. The Morgan fingerprint density at radius 3 is 2.45 bits per heavy atom. The molecule has 1 amide bonds. The van der Waals surface area contributed by atoms with E-state index in [1.165, 1.54) is 0 Å². The first-order chi connectivity index (χ1) is 15.1. The van der Waals surface area contributed by atoms with E-state index in [9.17, 15) is 14.9 Å². The standard InChI is InChI=1S/C25H22N2O4/c1-3-31-23(28)22-21(20-10-6-8-16-7-4-5-9-19(16)20)25(22,15-26)24(29)27-17-11-13-18(30-2)14-12-17/h4-14,21-22H,3H2,1-2H3,(H,27,29)/t21-,22-,25+/m1/s1. The number of anilines is 1. The molecule has 0 unspecified atom stereocenters. The maximum absolute atomic E-state index is 13.3. The number of fused-ring (bicyclic) bond motifs is 1. The van der Waals surface area contributed by atoms with Gasteiger partial charge in [-0.15, -0.1) is 0 Å². The number of nitriles is 1. The average molecular weight is 414 g/mol. The van der Waals surface area contributed by atoms with Crippen molar-refractivity contribution in [3.05, 3.63) is 72.3 Å². The van der Waals surface area contributed by atoms with Crippen LogP contribution in [-0.2, 0) is 14.3 Å². The van der Waals surface area contributed by atoms with Crippen LogP contribution < -0.4 is 10.1 Å². The second-order valence-corrected chi connectivity index (χ2v) is 7.44. The molecule has 6 nitrogen and oxygen atoms in total. The van der Waals surface area contributed by atoms with E-state index in [4.69, 9.17) is 9.47 Å². The Balaban J connectivity index is 1.74. The zero-order valence-corrected chi connectivity index (χ0v) is 17.3. The molecule has 0 heterocycles. The summed E-state index contributed by atoms with van der Waals surface area (Å²) in [6, 6.07) is 22.4. The maximum Gasteiger partial charge on any atom is 0.311 e. The number of hydrogen-bond acceptors (Lipinski definition) is 5. The molecule has 1 aliphatic carbocycles. The number of nitrogens with one attached hydrogen (secondary N) is 1. The third-order valence-corrected chi connectivity index (χ3v) is 5.81. The molecule has 1 fully saturated rings. The van der Waals surface area contributed by atoms with Crippen LogP contribution in [0.5, 0.6) is 5.75 Å². The molecule has 6 heteroatoms.